The SMILES string of the molecule is CC/C=C\C/C=C\C/C=C\C/C=C\C/C=C\C/C=C\C/C=C\C/C=C\C/C=C\CCCCCCCCCC(=O)OC(COC(=O)CCCCCCCC/C=C\C/C=C\C/C=C\C/C=C\C/C=C\C/C=C\C/C=C\C/C=C\CC)COP(=O)(O)OCCN. The van der Waals surface area contributed by atoms with Crippen LogP contribution in [0.5, 0.6) is 0 Å². The van der Waals surface area contributed by atoms with Gasteiger partial charge in [-0.1, -0.05) is 278 Å². The second kappa shape index (κ2) is 69.7. The third-order valence-corrected chi connectivity index (χ3v) is 14.1. The van der Waals surface area contributed by atoms with Crippen molar-refractivity contribution >= 4 is 19.8 Å². The summed E-state index contributed by atoms with van der Waals surface area (Å²) >= 11 is 0. The third-order valence-electron chi connectivity index (χ3n) is 13.2. The number of phosphoric ester groups is 1. The predicted molar refractivity (Wildman–Crippen MR) is 375 cm³/mol. The maximum Gasteiger partial charge on any atom is 0.472 e. The minimum absolute atomic E-state index is 0.0373. The van der Waals surface area contributed by atoms with Crippen molar-refractivity contribution in [3.63, 3.8) is 0 Å². The topological polar surface area (TPSA) is 134 Å². The summed E-state index contributed by atoms with van der Waals surface area (Å²) in [7, 11) is -4.42. The van der Waals surface area contributed by atoms with Gasteiger partial charge in [-0.2, -0.15) is 0 Å². The quantitative estimate of drug-likeness (QED) is 0.0264. The van der Waals surface area contributed by atoms with Crippen LogP contribution in [0.25, 0.3) is 0 Å². The van der Waals surface area contributed by atoms with E-state index in [1.807, 2.05) is 0 Å². The number of allylic oxidation sites excluding steroid dienone is 34. The van der Waals surface area contributed by atoms with Crippen molar-refractivity contribution in [1.82, 2.24) is 0 Å². The standard InChI is InChI=1S/C77H120NO8P/c1-3-5-7-9-11-13-15-17-19-21-23-25-27-29-31-33-35-36-37-38-40-42-44-46-48-50-52-54-56-58-60-62-64-66-68-70-77(80)86-75(74-85-87(81,82)84-72-71-78)73-83-76(79)69-67-65-63-61-59-57-55-53-51-49-47-45-43-41-39-34-32-30-28-26-24-22-20-18-16-14-12-10-8-6-4-2/h5-8,11-14,17-20,23-26,29-32,35-36,38-41,44-47,50-53,75H,3-4,9-10,15-16,21-22,27-28,33-34,37,42-43,48-49,54-74,78H2,1-2H3,(H,81,82)/b7-5-,8-6-,13-11-,14-12-,19-17-,20-18-,25-23-,26-24-,31-29-,32-30-,36-35-,40-38-,41-39-,46-44-,47-45-,52-50-,53-51-. The minimum atomic E-state index is -4.42. The van der Waals surface area contributed by atoms with Gasteiger partial charge in [0.2, 0.25) is 0 Å². The number of hydrogen-bond acceptors (Lipinski definition) is 8. The zero-order valence-corrected chi connectivity index (χ0v) is 55.3. The zero-order valence-electron chi connectivity index (χ0n) is 54.4. The Morgan fingerprint density at radius 1 is 0.345 bits per heavy atom. The predicted octanol–water partition coefficient (Wildman–Crippen LogP) is 22.3. The van der Waals surface area contributed by atoms with E-state index in [4.69, 9.17) is 24.3 Å². The first-order chi connectivity index (χ1) is 42.8. The van der Waals surface area contributed by atoms with E-state index in [1.165, 1.54) is 12.8 Å². The first kappa shape index (κ1) is 81.6. The van der Waals surface area contributed by atoms with E-state index in [0.717, 1.165) is 180 Å². The van der Waals surface area contributed by atoms with Crippen LogP contribution < -0.4 is 5.73 Å². The lowest BCUT2D eigenvalue weighted by Crippen LogP contribution is -2.29. The Bertz CT molecular complexity index is 2180. The molecule has 2 unspecified atom stereocenters. The average molecular weight is 1220 g/mol. The summed E-state index contributed by atoms with van der Waals surface area (Å²) < 4.78 is 33.1. The molecular formula is C77H120NO8P. The molecular weight excluding hydrogens is 1100 g/mol. The molecule has 0 aromatic rings. The van der Waals surface area contributed by atoms with Crippen LogP contribution in [0.4, 0.5) is 0 Å². The summed E-state index contributed by atoms with van der Waals surface area (Å²) in [5.74, 6) is -0.874. The van der Waals surface area contributed by atoms with E-state index in [0.29, 0.717) is 12.8 Å². The van der Waals surface area contributed by atoms with Crippen molar-refractivity contribution in [2.24, 2.45) is 5.73 Å². The Hall–Kier alpha value is -5.41. The van der Waals surface area contributed by atoms with E-state index in [-0.39, 0.29) is 32.6 Å². The van der Waals surface area contributed by atoms with Gasteiger partial charge in [0.15, 0.2) is 6.10 Å². The van der Waals surface area contributed by atoms with Gasteiger partial charge in [-0.3, -0.25) is 18.6 Å². The highest BCUT2D eigenvalue weighted by Gasteiger charge is 2.26. The second-order valence-corrected chi connectivity index (χ2v) is 22.7. The van der Waals surface area contributed by atoms with Crippen LogP contribution in [0.3, 0.4) is 0 Å². The number of esters is 2. The molecule has 0 aliphatic carbocycles. The molecule has 0 aliphatic rings. The van der Waals surface area contributed by atoms with Gasteiger partial charge in [0.1, 0.15) is 6.61 Å². The number of rotatable bonds is 60. The summed E-state index contributed by atoms with van der Waals surface area (Å²) in [5, 5.41) is 0. The van der Waals surface area contributed by atoms with Gasteiger partial charge in [0.25, 0.3) is 0 Å². The molecule has 0 aromatic carbocycles. The van der Waals surface area contributed by atoms with Crippen molar-refractivity contribution in [2.75, 3.05) is 26.4 Å². The number of phosphoric acid groups is 1. The summed E-state index contributed by atoms with van der Waals surface area (Å²) in [5.41, 5.74) is 5.39. The highest BCUT2D eigenvalue weighted by Crippen LogP contribution is 2.43. The molecule has 0 heterocycles. The van der Waals surface area contributed by atoms with E-state index < -0.39 is 32.5 Å². The van der Waals surface area contributed by atoms with Crippen LogP contribution in [0.15, 0.2) is 207 Å². The van der Waals surface area contributed by atoms with Gasteiger partial charge >= 0.3 is 19.8 Å². The maximum atomic E-state index is 12.8. The summed E-state index contributed by atoms with van der Waals surface area (Å²) in [6.07, 6.45) is 107. The summed E-state index contributed by atoms with van der Waals surface area (Å²) in [4.78, 5) is 35.3. The molecule has 0 saturated carbocycles. The van der Waals surface area contributed by atoms with Crippen molar-refractivity contribution in [3.05, 3.63) is 207 Å². The molecule has 0 spiro atoms. The van der Waals surface area contributed by atoms with Gasteiger partial charge in [0, 0.05) is 19.4 Å². The lowest BCUT2D eigenvalue weighted by Gasteiger charge is -2.19. The van der Waals surface area contributed by atoms with Crippen molar-refractivity contribution in [1.29, 1.82) is 0 Å². The number of hydrogen-bond donors (Lipinski definition) is 2. The fourth-order valence-electron chi connectivity index (χ4n) is 8.29. The number of unbranched alkanes of at least 4 members (excludes halogenated alkanes) is 13. The number of ether oxygens (including phenoxy) is 2. The van der Waals surface area contributed by atoms with E-state index in [2.05, 4.69) is 220 Å². The lowest BCUT2D eigenvalue weighted by molar-refractivity contribution is -0.161. The molecule has 0 aliphatic heterocycles. The molecule has 87 heavy (non-hydrogen) atoms. The molecule has 9 nitrogen and oxygen atoms in total. The van der Waals surface area contributed by atoms with Crippen LogP contribution in [-0.4, -0.2) is 49.3 Å². The number of carbonyl (C=O) groups is 2. The Balaban J connectivity index is 4.08. The average Bonchev–Trinajstić information content (AvgIpc) is 3.64. The second-order valence-electron chi connectivity index (χ2n) is 21.2. The van der Waals surface area contributed by atoms with E-state index >= 15 is 0 Å². The van der Waals surface area contributed by atoms with Crippen LogP contribution in [-0.2, 0) is 32.7 Å². The minimum Gasteiger partial charge on any atom is -0.462 e. The van der Waals surface area contributed by atoms with Gasteiger partial charge in [-0.25, -0.2) is 4.57 Å². The fourth-order valence-corrected chi connectivity index (χ4v) is 9.06. The molecule has 0 bridgehead atoms. The lowest BCUT2D eigenvalue weighted by atomic mass is 10.1. The molecule has 0 amide bonds. The normalized spacial score (nSPS) is 14.3. The van der Waals surface area contributed by atoms with E-state index in [9.17, 15) is 19.0 Å². The molecule has 0 radical (unpaired) electrons. The van der Waals surface area contributed by atoms with Gasteiger partial charge in [0.05, 0.1) is 13.2 Å². The van der Waals surface area contributed by atoms with Crippen molar-refractivity contribution in [3.8, 4) is 0 Å². The molecule has 10 heteroatoms. The number of nitrogens with two attached hydrogens (primary N) is 1. The molecule has 0 saturated heterocycles. The third kappa shape index (κ3) is 69.6. The summed E-state index contributed by atoms with van der Waals surface area (Å²) in [6.45, 7) is 3.46. The molecule has 0 fully saturated rings. The monoisotopic (exact) mass is 1220 g/mol. The van der Waals surface area contributed by atoms with Gasteiger partial charge in [-0.05, 0) is 148 Å². The Kier molecular flexibility index (Phi) is 65.4. The van der Waals surface area contributed by atoms with Gasteiger partial charge in [-0.15, -0.1) is 0 Å². The first-order valence-corrected chi connectivity index (χ1v) is 35.1. The van der Waals surface area contributed by atoms with Crippen LogP contribution >= 0.6 is 7.82 Å². The van der Waals surface area contributed by atoms with Crippen LogP contribution in [0, 0.1) is 0 Å². The molecule has 486 valence electrons. The molecule has 0 rings (SSSR count). The number of carbonyl (C=O) groups excluding carboxylic acids is 2. The van der Waals surface area contributed by atoms with Gasteiger partial charge < -0.3 is 20.1 Å². The molecule has 2 atom stereocenters. The fraction of sp³-hybridized carbons (Fsp3) is 0.532. The Morgan fingerprint density at radius 3 is 0.885 bits per heavy atom. The Labute approximate surface area is 531 Å². The molecule has 0 aromatic heterocycles. The zero-order chi connectivity index (χ0) is 63.0. The van der Waals surface area contributed by atoms with E-state index in [1.54, 1.807) is 0 Å². The largest absolute Gasteiger partial charge is 0.472 e. The smallest absolute Gasteiger partial charge is 0.462 e. The van der Waals surface area contributed by atoms with Crippen molar-refractivity contribution < 1.29 is 37.6 Å². The summed E-state index contributed by atoms with van der Waals surface area (Å²) in [6, 6.07) is 0. The molecule has 3 N–H and O–H groups in total. The highest BCUT2D eigenvalue weighted by atomic mass is 31.2. The van der Waals surface area contributed by atoms with Crippen LogP contribution in [0.2, 0.25) is 0 Å². The first-order valence-electron chi connectivity index (χ1n) is 33.6. The highest BCUT2D eigenvalue weighted by molar-refractivity contribution is 7.47. The van der Waals surface area contributed by atoms with Crippen molar-refractivity contribution in [2.45, 2.75) is 238 Å². The van der Waals surface area contributed by atoms with Crippen LogP contribution in [0.1, 0.15) is 232 Å². The Morgan fingerprint density at radius 2 is 0.598 bits per heavy atom. The maximum absolute atomic E-state index is 12.8.